The van der Waals surface area contributed by atoms with Crippen LogP contribution in [0.5, 0.6) is 0 Å². The molecule has 1 saturated carbocycles. The highest BCUT2D eigenvalue weighted by atomic mass is 35.5. The quantitative estimate of drug-likeness (QED) is 0.879. The van der Waals surface area contributed by atoms with Crippen LogP contribution in [0.4, 0.5) is 18.9 Å². The van der Waals surface area contributed by atoms with Crippen LogP contribution in [-0.2, 0) is 6.18 Å². The lowest BCUT2D eigenvalue weighted by atomic mass is 10.2. The number of anilines is 1. The van der Waals surface area contributed by atoms with Crippen LogP contribution in [0.15, 0.2) is 18.2 Å². The van der Waals surface area contributed by atoms with Crippen molar-refractivity contribution >= 4 is 17.3 Å². The number of benzene rings is 1. The highest BCUT2D eigenvalue weighted by Gasteiger charge is 2.38. The second-order valence-corrected chi connectivity index (χ2v) is 4.82. The van der Waals surface area contributed by atoms with Crippen molar-refractivity contribution < 1.29 is 13.2 Å². The fourth-order valence-corrected chi connectivity index (χ4v) is 1.63. The van der Waals surface area contributed by atoms with Gasteiger partial charge in [0, 0.05) is 12.1 Å². The Morgan fingerprint density at radius 2 is 2.00 bits per heavy atom. The van der Waals surface area contributed by atoms with E-state index in [9.17, 15) is 13.2 Å². The molecule has 0 saturated heterocycles. The minimum Gasteiger partial charge on any atom is -0.382 e. The molecule has 94 valence electrons. The highest BCUT2D eigenvalue weighted by molar-refractivity contribution is 6.33. The van der Waals surface area contributed by atoms with Gasteiger partial charge < -0.3 is 11.1 Å². The second-order valence-electron chi connectivity index (χ2n) is 4.41. The Bertz CT molecular complexity index is 427. The molecule has 1 aliphatic carbocycles. The summed E-state index contributed by atoms with van der Waals surface area (Å²) in [7, 11) is 0. The third kappa shape index (κ3) is 3.04. The molecule has 2 rings (SSSR count). The molecule has 0 amide bonds. The summed E-state index contributed by atoms with van der Waals surface area (Å²) in [6.45, 7) is 0.439. The van der Waals surface area contributed by atoms with Crippen LogP contribution in [0, 0.1) is 0 Å². The summed E-state index contributed by atoms with van der Waals surface area (Å²) in [5.74, 6) is 0. The van der Waals surface area contributed by atoms with E-state index in [1.165, 1.54) is 6.07 Å². The van der Waals surface area contributed by atoms with Crippen LogP contribution in [0.3, 0.4) is 0 Å². The first-order valence-electron chi connectivity index (χ1n) is 5.20. The van der Waals surface area contributed by atoms with Crippen LogP contribution in [0.25, 0.3) is 0 Å². The number of halogens is 4. The first kappa shape index (κ1) is 12.5. The van der Waals surface area contributed by atoms with Crippen molar-refractivity contribution in [1.29, 1.82) is 0 Å². The normalized spacial score (nSPS) is 17.9. The van der Waals surface area contributed by atoms with Crippen molar-refractivity contribution in [2.24, 2.45) is 5.73 Å². The first-order chi connectivity index (χ1) is 7.80. The number of hydrogen-bond donors (Lipinski definition) is 2. The van der Waals surface area contributed by atoms with Crippen molar-refractivity contribution in [2.45, 2.75) is 24.6 Å². The minimum atomic E-state index is -4.36. The number of nitrogens with two attached hydrogens (primary N) is 1. The maximum Gasteiger partial charge on any atom is 0.416 e. The maximum absolute atomic E-state index is 12.5. The molecule has 0 atom stereocenters. The van der Waals surface area contributed by atoms with Crippen LogP contribution in [0.1, 0.15) is 18.4 Å². The summed E-state index contributed by atoms with van der Waals surface area (Å²) in [6.07, 6.45) is -2.59. The van der Waals surface area contributed by atoms with Gasteiger partial charge in [-0.05, 0) is 31.0 Å². The molecule has 6 heteroatoms. The molecule has 0 aliphatic heterocycles. The first-order valence-corrected chi connectivity index (χ1v) is 5.57. The zero-order valence-corrected chi connectivity index (χ0v) is 9.70. The fourth-order valence-electron chi connectivity index (χ4n) is 1.45. The Morgan fingerprint density at radius 1 is 1.35 bits per heavy atom. The molecule has 2 nitrogen and oxygen atoms in total. The van der Waals surface area contributed by atoms with Crippen molar-refractivity contribution in [3.05, 3.63) is 28.8 Å². The van der Waals surface area contributed by atoms with Crippen LogP contribution in [0.2, 0.25) is 5.02 Å². The van der Waals surface area contributed by atoms with Gasteiger partial charge in [0.2, 0.25) is 0 Å². The van der Waals surface area contributed by atoms with E-state index in [-0.39, 0.29) is 16.2 Å². The lowest BCUT2D eigenvalue weighted by Crippen LogP contribution is -2.31. The second kappa shape index (κ2) is 4.07. The largest absolute Gasteiger partial charge is 0.416 e. The SMILES string of the molecule is NC1(CNc2cc(C(F)(F)F)ccc2Cl)CC1. The summed E-state index contributed by atoms with van der Waals surface area (Å²) in [4.78, 5) is 0. The van der Waals surface area contributed by atoms with E-state index in [1.807, 2.05) is 0 Å². The van der Waals surface area contributed by atoms with Gasteiger partial charge in [0.25, 0.3) is 0 Å². The molecule has 1 aliphatic rings. The van der Waals surface area contributed by atoms with Crippen LogP contribution < -0.4 is 11.1 Å². The summed E-state index contributed by atoms with van der Waals surface area (Å²) < 4.78 is 37.5. The summed E-state index contributed by atoms with van der Waals surface area (Å²) in [5.41, 5.74) is 5.12. The van der Waals surface area contributed by atoms with Crippen molar-refractivity contribution in [3.63, 3.8) is 0 Å². The van der Waals surface area contributed by atoms with Crippen molar-refractivity contribution in [3.8, 4) is 0 Å². The summed E-state index contributed by atoms with van der Waals surface area (Å²) >= 11 is 5.82. The monoisotopic (exact) mass is 264 g/mol. The Labute approximate surface area is 102 Å². The molecule has 3 N–H and O–H groups in total. The summed E-state index contributed by atoms with van der Waals surface area (Å²) in [6, 6.07) is 3.21. The number of hydrogen-bond acceptors (Lipinski definition) is 2. The zero-order chi connectivity index (χ0) is 12.7. The molecular formula is C11H12ClF3N2. The molecule has 0 unspecified atom stereocenters. The lowest BCUT2D eigenvalue weighted by Gasteiger charge is -2.15. The van der Waals surface area contributed by atoms with Crippen molar-refractivity contribution in [2.75, 3.05) is 11.9 Å². The molecule has 1 aromatic carbocycles. The third-order valence-corrected chi connectivity index (χ3v) is 3.15. The highest BCUT2D eigenvalue weighted by Crippen LogP contribution is 2.36. The average Bonchev–Trinajstić information content (AvgIpc) is 2.94. The average molecular weight is 265 g/mol. The minimum absolute atomic E-state index is 0.266. The van der Waals surface area contributed by atoms with Gasteiger partial charge in [-0.2, -0.15) is 13.2 Å². The van der Waals surface area contributed by atoms with Gasteiger partial charge >= 0.3 is 6.18 Å². The fraction of sp³-hybridized carbons (Fsp3) is 0.455. The number of alkyl halides is 3. The predicted octanol–water partition coefficient (Wildman–Crippen LogP) is 3.26. The zero-order valence-electron chi connectivity index (χ0n) is 8.94. The molecular weight excluding hydrogens is 253 g/mol. The van der Waals surface area contributed by atoms with Gasteiger partial charge in [0.15, 0.2) is 0 Å². The Kier molecular flexibility index (Phi) is 2.99. The van der Waals surface area contributed by atoms with Gasteiger partial charge in [0.05, 0.1) is 16.3 Å². The van der Waals surface area contributed by atoms with Gasteiger partial charge in [-0.25, -0.2) is 0 Å². The number of rotatable bonds is 3. The smallest absolute Gasteiger partial charge is 0.382 e. The molecule has 17 heavy (non-hydrogen) atoms. The van der Waals surface area contributed by atoms with Crippen LogP contribution >= 0.6 is 11.6 Å². The molecule has 1 fully saturated rings. The van der Waals surface area contributed by atoms with E-state index in [0.717, 1.165) is 25.0 Å². The van der Waals surface area contributed by atoms with Crippen LogP contribution in [-0.4, -0.2) is 12.1 Å². The molecule has 0 bridgehead atoms. The molecule has 0 radical (unpaired) electrons. The third-order valence-electron chi connectivity index (χ3n) is 2.82. The maximum atomic E-state index is 12.5. The Hall–Kier alpha value is -0.940. The predicted molar refractivity (Wildman–Crippen MR) is 61.1 cm³/mol. The van der Waals surface area contributed by atoms with E-state index < -0.39 is 11.7 Å². The molecule has 0 heterocycles. The topological polar surface area (TPSA) is 38.0 Å². The molecule has 0 spiro atoms. The van der Waals surface area contributed by atoms with Crippen molar-refractivity contribution in [1.82, 2.24) is 0 Å². The van der Waals surface area contributed by atoms with E-state index in [4.69, 9.17) is 17.3 Å². The lowest BCUT2D eigenvalue weighted by molar-refractivity contribution is -0.137. The summed E-state index contributed by atoms with van der Waals surface area (Å²) in [5, 5.41) is 3.14. The van der Waals surface area contributed by atoms with Gasteiger partial charge in [-0.3, -0.25) is 0 Å². The van der Waals surface area contributed by atoms with Gasteiger partial charge in [-0.15, -0.1) is 0 Å². The number of nitrogens with one attached hydrogen (secondary N) is 1. The molecule has 1 aromatic rings. The standard InChI is InChI=1S/C11H12ClF3N2/c12-8-2-1-7(11(13,14)15)5-9(8)17-6-10(16)3-4-10/h1-2,5,17H,3-4,6,16H2. The van der Waals surface area contributed by atoms with E-state index in [1.54, 1.807) is 0 Å². The van der Waals surface area contributed by atoms with E-state index >= 15 is 0 Å². The Balaban J connectivity index is 2.14. The van der Waals surface area contributed by atoms with E-state index in [2.05, 4.69) is 5.32 Å². The molecule has 0 aromatic heterocycles. The van der Waals surface area contributed by atoms with Gasteiger partial charge in [0.1, 0.15) is 0 Å². The van der Waals surface area contributed by atoms with E-state index in [0.29, 0.717) is 6.54 Å². The van der Waals surface area contributed by atoms with Gasteiger partial charge in [-0.1, -0.05) is 11.6 Å². The Morgan fingerprint density at radius 3 is 2.53 bits per heavy atom.